The fourth-order valence-corrected chi connectivity index (χ4v) is 2.51. The maximum atomic E-state index is 12.1. The van der Waals surface area contributed by atoms with Crippen LogP contribution < -0.4 is 15.6 Å². The number of hydrogen-bond donors (Lipinski definition) is 2. The van der Waals surface area contributed by atoms with Crippen LogP contribution in [0.2, 0.25) is 0 Å². The van der Waals surface area contributed by atoms with Gasteiger partial charge in [-0.05, 0) is 63.1 Å². The van der Waals surface area contributed by atoms with Crippen LogP contribution in [0.4, 0.5) is 0 Å². The first-order valence-corrected chi connectivity index (χ1v) is 7.72. The van der Waals surface area contributed by atoms with Gasteiger partial charge in [0.05, 0.1) is 0 Å². The van der Waals surface area contributed by atoms with Crippen molar-refractivity contribution in [1.29, 1.82) is 0 Å². The van der Waals surface area contributed by atoms with Gasteiger partial charge in [-0.1, -0.05) is 23.3 Å². The second kappa shape index (κ2) is 7.64. The smallest absolute Gasteiger partial charge is 0.276 e. The summed E-state index contributed by atoms with van der Waals surface area (Å²) in [5, 5.41) is 0. The molecule has 0 fully saturated rings. The first-order chi connectivity index (χ1) is 11.3. The molecule has 2 N–H and O–H groups in total. The number of benzene rings is 2. The van der Waals surface area contributed by atoms with Crippen LogP contribution in [0.3, 0.4) is 0 Å². The monoisotopic (exact) mass is 326 g/mol. The molecule has 2 aromatic rings. The molecule has 2 amide bonds. The van der Waals surface area contributed by atoms with E-state index in [1.54, 1.807) is 12.1 Å². The van der Waals surface area contributed by atoms with Gasteiger partial charge in [0.2, 0.25) is 0 Å². The van der Waals surface area contributed by atoms with Crippen molar-refractivity contribution in [3.8, 4) is 5.75 Å². The van der Waals surface area contributed by atoms with Gasteiger partial charge in [-0.3, -0.25) is 20.4 Å². The molecule has 0 bridgehead atoms. The minimum absolute atomic E-state index is 0.171. The van der Waals surface area contributed by atoms with E-state index >= 15 is 0 Å². The van der Waals surface area contributed by atoms with Crippen molar-refractivity contribution >= 4 is 11.8 Å². The average molecular weight is 326 g/mol. The van der Waals surface area contributed by atoms with Crippen molar-refractivity contribution in [2.24, 2.45) is 0 Å². The maximum absolute atomic E-state index is 12.1. The second-order valence-electron chi connectivity index (χ2n) is 5.99. The number of nitrogens with one attached hydrogen (secondary N) is 2. The molecule has 0 saturated carbocycles. The predicted molar refractivity (Wildman–Crippen MR) is 92.9 cm³/mol. The van der Waals surface area contributed by atoms with Crippen molar-refractivity contribution in [2.45, 2.75) is 27.7 Å². The zero-order valence-electron chi connectivity index (χ0n) is 14.4. The van der Waals surface area contributed by atoms with Gasteiger partial charge in [-0.2, -0.15) is 0 Å². The van der Waals surface area contributed by atoms with Crippen LogP contribution in [0.5, 0.6) is 5.75 Å². The minimum atomic E-state index is -0.424. The van der Waals surface area contributed by atoms with E-state index in [0.717, 1.165) is 22.3 Å². The van der Waals surface area contributed by atoms with Crippen molar-refractivity contribution in [3.05, 3.63) is 64.2 Å². The molecule has 0 radical (unpaired) electrons. The van der Waals surface area contributed by atoms with E-state index < -0.39 is 5.91 Å². The summed E-state index contributed by atoms with van der Waals surface area (Å²) in [6.45, 7) is 7.59. The lowest BCUT2D eigenvalue weighted by Crippen LogP contribution is -2.43. The number of hydrazine groups is 1. The lowest BCUT2D eigenvalue weighted by molar-refractivity contribution is -0.123. The van der Waals surface area contributed by atoms with Gasteiger partial charge >= 0.3 is 0 Å². The quantitative estimate of drug-likeness (QED) is 0.849. The van der Waals surface area contributed by atoms with Crippen LogP contribution in [-0.2, 0) is 4.79 Å². The van der Waals surface area contributed by atoms with Crippen LogP contribution >= 0.6 is 0 Å². The number of rotatable bonds is 4. The molecule has 0 aromatic heterocycles. The third kappa shape index (κ3) is 5.12. The predicted octanol–water partition coefficient (Wildman–Crippen LogP) is 2.76. The normalized spacial score (nSPS) is 10.2. The number of carbonyl (C=O) groups is 2. The van der Waals surface area contributed by atoms with Crippen LogP contribution in [-0.4, -0.2) is 18.4 Å². The van der Waals surface area contributed by atoms with Gasteiger partial charge in [0.25, 0.3) is 11.8 Å². The molecule has 24 heavy (non-hydrogen) atoms. The van der Waals surface area contributed by atoms with E-state index in [-0.39, 0.29) is 12.5 Å². The van der Waals surface area contributed by atoms with E-state index in [0.29, 0.717) is 11.3 Å². The summed E-state index contributed by atoms with van der Waals surface area (Å²) in [4.78, 5) is 23.9. The van der Waals surface area contributed by atoms with Crippen LogP contribution in [0, 0.1) is 27.7 Å². The van der Waals surface area contributed by atoms with Gasteiger partial charge in [-0.15, -0.1) is 0 Å². The first-order valence-electron chi connectivity index (χ1n) is 7.72. The Kier molecular flexibility index (Phi) is 5.58. The van der Waals surface area contributed by atoms with Crippen LogP contribution in [0.25, 0.3) is 0 Å². The average Bonchev–Trinajstić information content (AvgIpc) is 2.48. The molecule has 0 spiro atoms. The molecule has 0 atom stereocenters. The Hall–Kier alpha value is -2.82. The molecule has 0 aliphatic carbocycles. The van der Waals surface area contributed by atoms with E-state index in [2.05, 4.69) is 10.9 Å². The molecule has 2 aromatic carbocycles. The van der Waals surface area contributed by atoms with Gasteiger partial charge in [0.15, 0.2) is 6.61 Å². The van der Waals surface area contributed by atoms with E-state index in [1.807, 2.05) is 52.0 Å². The highest BCUT2D eigenvalue weighted by Crippen LogP contribution is 2.15. The third-order valence-corrected chi connectivity index (χ3v) is 3.36. The highest BCUT2D eigenvalue weighted by atomic mass is 16.5. The SMILES string of the molecule is Cc1cc(C)cc(OCC(=O)NNC(=O)c2cc(C)cc(C)c2)c1. The van der Waals surface area contributed by atoms with Crippen LogP contribution in [0.1, 0.15) is 32.6 Å². The molecule has 5 heteroatoms. The molecule has 0 unspecified atom stereocenters. The zero-order chi connectivity index (χ0) is 17.7. The van der Waals surface area contributed by atoms with Gasteiger partial charge < -0.3 is 4.74 Å². The molecular formula is C19H22N2O3. The molecule has 2 rings (SSSR count). The van der Waals surface area contributed by atoms with Gasteiger partial charge in [-0.25, -0.2) is 0 Å². The highest BCUT2D eigenvalue weighted by Gasteiger charge is 2.09. The van der Waals surface area contributed by atoms with E-state index in [4.69, 9.17) is 4.74 Å². The van der Waals surface area contributed by atoms with Crippen LogP contribution in [0.15, 0.2) is 36.4 Å². The molecule has 0 aliphatic rings. The lowest BCUT2D eigenvalue weighted by atomic mass is 10.1. The molecular weight excluding hydrogens is 304 g/mol. The molecule has 0 saturated heterocycles. The van der Waals surface area contributed by atoms with Crippen molar-refractivity contribution in [1.82, 2.24) is 10.9 Å². The Labute approximate surface area is 142 Å². The fraction of sp³-hybridized carbons (Fsp3) is 0.263. The summed E-state index contributed by atoms with van der Waals surface area (Å²) in [7, 11) is 0. The van der Waals surface area contributed by atoms with Crippen molar-refractivity contribution < 1.29 is 14.3 Å². The standard InChI is InChI=1S/C19H22N2O3/c1-12-5-13(2)8-16(7-12)19(23)21-20-18(22)11-24-17-9-14(3)6-15(4)10-17/h5-10H,11H2,1-4H3,(H,20,22)(H,21,23). The number of ether oxygens (including phenoxy) is 1. The summed E-state index contributed by atoms with van der Waals surface area (Å²) in [6.07, 6.45) is 0. The number of hydrogen-bond acceptors (Lipinski definition) is 3. The minimum Gasteiger partial charge on any atom is -0.484 e. The lowest BCUT2D eigenvalue weighted by Gasteiger charge is -2.10. The Morgan fingerprint density at radius 2 is 1.29 bits per heavy atom. The summed E-state index contributed by atoms with van der Waals surface area (Å²) in [5.74, 6) is -0.156. The third-order valence-electron chi connectivity index (χ3n) is 3.36. The maximum Gasteiger partial charge on any atom is 0.276 e. The summed E-state index contributed by atoms with van der Waals surface area (Å²) in [5.41, 5.74) is 9.36. The number of aryl methyl sites for hydroxylation is 4. The topological polar surface area (TPSA) is 67.4 Å². The van der Waals surface area contributed by atoms with E-state index in [9.17, 15) is 9.59 Å². The van der Waals surface area contributed by atoms with Gasteiger partial charge in [0.1, 0.15) is 5.75 Å². The van der Waals surface area contributed by atoms with Crippen molar-refractivity contribution in [3.63, 3.8) is 0 Å². The first kappa shape index (κ1) is 17.5. The Morgan fingerprint density at radius 3 is 1.83 bits per heavy atom. The Morgan fingerprint density at radius 1 is 0.792 bits per heavy atom. The van der Waals surface area contributed by atoms with Crippen molar-refractivity contribution in [2.75, 3.05) is 6.61 Å². The second-order valence-corrected chi connectivity index (χ2v) is 5.99. The largest absolute Gasteiger partial charge is 0.484 e. The van der Waals surface area contributed by atoms with E-state index in [1.165, 1.54) is 0 Å². The Bertz CT molecular complexity index is 729. The zero-order valence-corrected chi connectivity index (χ0v) is 14.4. The molecule has 126 valence electrons. The number of carbonyl (C=O) groups excluding carboxylic acids is 2. The summed E-state index contributed by atoms with van der Waals surface area (Å²) in [6, 6.07) is 11.2. The molecule has 0 aliphatic heterocycles. The summed E-state index contributed by atoms with van der Waals surface area (Å²) < 4.78 is 5.44. The molecule has 5 nitrogen and oxygen atoms in total. The number of amides is 2. The van der Waals surface area contributed by atoms with Gasteiger partial charge in [0, 0.05) is 5.56 Å². The highest BCUT2D eigenvalue weighted by molar-refractivity contribution is 5.95. The molecule has 0 heterocycles. The summed E-state index contributed by atoms with van der Waals surface area (Å²) >= 11 is 0. The fourth-order valence-electron chi connectivity index (χ4n) is 2.51. The Balaban J connectivity index is 1.85.